The molecule has 0 aliphatic carbocycles. The molecule has 100 valence electrons. The molecule has 2 N–H and O–H groups in total. The van der Waals surface area contributed by atoms with Gasteiger partial charge in [0.05, 0.1) is 18.3 Å². The van der Waals surface area contributed by atoms with Gasteiger partial charge >= 0.3 is 6.18 Å². The minimum Gasteiger partial charge on any atom is -0.507 e. The van der Waals surface area contributed by atoms with Crippen molar-refractivity contribution >= 4 is 11.6 Å². The summed E-state index contributed by atoms with van der Waals surface area (Å²) in [6.07, 6.45) is -5.27. The van der Waals surface area contributed by atoms with Crippen molar-refractivity contribution in [3.05, 3.63) is 28.3 Å². The summed E-state index contributed by atoms with van der Waals surface area (Å²) < 4.78 is 43.4. The molecule has 1 fully saturated rings. The maximum absolute atomic E-state index is 12.7. The van der Waals surface area contributed by atoms with Crippen molar-refractivity contribution < 1.29 is 23.0 Å². The second-order valence-electron chi connectivity index (χ2n) is 3.95. The Morgan fingerprint density at radius 2 is 2.11 bits per heavy atom. The van der Waals surface area contributed by atoms with Gasteiger partial charge in [0.25, 0.3) is 0 Å². The summed E-state index contributed by atoms with van der Waals surface area (Å²) >= 11 is 5.66. The van der Waals surface area contributed by atoms with Crippen LogP contribution in [0.5, 0.6) is 5.75 Å². The molecule has 1 aromatic carbocycles. The first kappa shape index (κ1) is 13.5. The monoisotopic (exact) mass is 281 g/mol. The third-order valence-corrected chi connectivity index (χ3v) is 2.90. The van der Waals surface area contributed by atoms with Crippen molar-refractivity contribution in [1.29, 1.82) is 0 Å². The van der Waals surface area contributed by atoms with Gasteiger partial charge in [-0.2, -0.15) is 13.2 Å². The molecule has 3 nitrogen and oxygen atoms in total. The number of ether oxygens (including phenoxy) is 1. The van der Waals surface area contributed by atoms with E-state index in [-0.39, 0.29) is 10.6 Å². The maximum atomic E-state index is 12.7. The van der Waals surface area contributed by atoms with Gasteiger partial charge in [0.1, 0.15) is 5.75 Å². The molecule has 0 radical (unpaired) electrons. The second kappa shape index (κ2) is 4.95. The lowest BCUT2D eigenvalue weighted by Gasteiger charge is -2.25. The number of phenols is 1. The number of benzene rings is 1. The largest absolute Gasteiger partial charge is 0.507 e. The van der Waals surface area contributed by atoms with Gasteiger partial charge in [0, 0.05) is 23.7 Å². The van der Waals surface area contributed by atoms with Crippen molar-refractivity contribution in [1.82, 2.24) is 5.32 Å². The highest BCUT2D eigenvalue weighted by molar-refractivity contribution is 6.30. The molecule has 1 heterocycles. The Morgan fingerprint density at radius 3 is 2.67 bits per heavy atom. The molecule has 0 amide bonds. The van der Waals surface area contributed by atoms with E-state index in [1.807, 2.05) is 0 Å². The van der Waals surface area contributed by atoms with Gasteiger partial charge in [-0.3, -0.25) is 0 Å². The molecule has 0 aromatic heterocycles. The van der Waals surface area contributed by atoms with E-state index in [0.29, 0.717) is 25.8 Å². The molecule has 1 unspecified atom stereocenters. The first-order chi connectivity index (χ1) is 8.39. The number of nitrogens with one attached hydrogen (secondary N) is 1. The fraction of sp³-hybridized carbons (Fsp3) is 0.455. The number of morpholine rings is 1. The Bertz CT molecular complexity index is 445. The van der Waals surface area contributed by atoms with Crippen molar-refractivity contribution in [2.24, 2.45) is 0 Å². The van der Waals surface area contributed by atoms with Gasteiger partial charge in [-0.25, -0.2) is 0 Å². The SMILES string of the molecule is Oc1c(C2CNCCO2)cc(Cl)cc1C(F)(F)F. The van der Waals surface area contributed by atoms with Crippen molar-refractivity contribution in [2.45, 2.75) is 12.3 Å². The first-order valence-electron chi connectivity index (χ1n) is 5.31. The topological polar surface area (TPSA) is 41.5 Å². The Balaban J connectivity index is 2.44. The number of hydrogen-bond acceptors (Lipinski definition) is 3. The highest BCUT2D eigenvalue weighted by Crippen LogP contribution is 2.42. The van der Waals surface area contributed by atoms with E-state index in [4.69, 9.17) is 16.3 Å². The molecule has 1 atom stereocenters. The fourth-order valence-electron chi connectivity index (χ4n) is 1.85. The average molecular weight is 282 g/mol. The van der Waals surface area contributed by atoms with Crippen molar-refractivity contribution in [3.63, 3.8) is 0 Å². The Labute approximate surface area is 107 Å². The smallest absolute Gasteiger partial charge is 0.420 e. The second-order valence-corrected chi connectivity index (χ2v) is 4.39. The van der Waals surface area contributed by atoms with Crippen LogP contribution in [0.4, 0.5) is 13.2 Å². The average Bonchev–Trinajstić information content (AvgIpc) is 2.31. The predicted molar refractivity (Wildman–Crippen MR) is 59.7 cm³/mol. The van der Waals surface area contributed by atoms with E-state index in [9.17, 15) is 18.3 Å². The molecule has 2 rings (SSSR count). The summed E-state index contributed by atoms with van der Waals surface area (Å²) in [5.41, 5.74) is -1.08. The highest BCUT2D eigenvalue weighted by Gasteiger charge is 2.36. The van der Waals surface area contributed by atoms with Gasteiger partial charge in [0.15, 0.2) is 0 Å². The van der Waals surface area contributed by atoms with E-state index < -0.39 is 23.6 Å². The summed E-state index contributed by atoms with van der Waals surface area (Å²) in [6, 6.07) is 2.00. The lowest BCUT2D eigenvalue weighted by molar-refractivity contribution is -0.139. The van der Waals surface area contributed by atoms with Crippen LogP contribution in [-0.4, -0.2) is 24.8 Å². The molecule has 0 saturated carbocycles. The van der Waals surface area contributed by atoms with E-state index in [1.165, 1.54) is 6.07 Å². The molecule has 1 aromatic rings. The van der Waals surface area contributed by atoms with Crippen LogP contribution in [0.15, 0.2) is 12.1 Å². The molecular formula is C11H11ClF3NO2. The Kier molecular flexibility index (Phi) is 3.70. The summed E-state index contributed by atoms with van der Waals surface area (Å²) in [5, 5.41) is 12.6. The third-order valence-electron chi connectivity index (χ3n) is 2.68. The maximum Gasteiger partial charge on any atom is 0.420 e. The minimum atomic E-state index is -4.65. The molecule has 0 spiro atoms. The predicted octanol–water partition coefficient (Wildman–Crippen LogP) is 2.73. The zero-order valence-electron chi connectivity index (χ0n) is 9.22. The molecule has 0 bridgehead atoms. The van der Waals surface area contributed by atoms with E-state index in [1.54, 1.807) is 0 Å². The molecule has 7 heteroatoms. The van der Waals surface area contributed by atoms with Crippen LogP contribution >= 0.6 is 11.6 Å². The third kappa shape index (κ3) is 2.71. The minimum absolute atomic E-state index is 0.0574. The van der Waals surface area contributed by atoms with Gasteiger partial charge in [-0.1, -0.05) is 11.6 Å². The van der Waals surface area contributed by atoms with Crippen molar-refractivity contribution in [3.8, 4) is 5.75 Å². The lowest BCUT2D eigenvalue weighted by atomic mass is 10.0. The van der Waals surface area contributed by atoms with Crippen LogP contribution in [0.1, 0.15) is 17.2 Å². The van der Waals surface area contributed by atoms with E-state index in [0.717, 1.165) is 0 Å². The first-order valence-corrected chi connectivity index (χ1v) is 5.69. The summed E-state index contributed by atoms with van der Waals surface area (Å²) in [6.45, 7) is 1.34. The number of alkyl halides is 3. The molecule has 1 saturated heterocycles. The van der Waals surface area contributed by atoms with E-state index in [2.05, 4.69) is 5.32 Å². The lowest BCUT2D eigenvalue weighted by Crippen LogP contribution is -2.33. The van der Waals surface area contributed by atoms with Gasteiger partial charge in [0.2, 0.25) is 0 Å². The fourth-order valence-corrected chi connectivity index (χ4v) is 2.07. The van der Waals surface area contributed by atoms with Gasteiger partial charge in [-0.15, -0.1) is 0 Å². The molecule has 18 heavy (non-hydrogen) atoms. The molecular weight excluding hydrogens is 271 g/mol. The number of phenolic OH excluding ortho intramolecular Hbond substituents is 1. The standard InChI is InChI=1S/C11H11ClF3NO2/c12-6-3-7(9-5-16-1-2-18-9)10(17)8(4-6)11(13,14)15/h3-4,9,16-17H,1-2,5H2. The van der Waals surface area contributed by atoms with Gasteiger partial charge in [-0.05, 0) is 12.1 Å². The number of hydrogen-bond donors (Lipinski definition) is 2. The van der Waals surface area contributed by atoms with Crippen LogP contribution < -0.4 is 5.32 Å². The molecule has 1 aliphatic heterocycles. The molecule has 1 aliphatic rings. The van der Waals surface area contributed by atoms with Crippen LogP contribution in [0.25, 0.3) is 0 Å². The zero-order valence-corrected chi connectivity index (χ0v) is 9.98. The van der Waals surface area contributed by atoms with Crippen LogP contribution in [0.3, 0.4) is 0 Å². The highest BCUT2D eigenvalue weighted by atomic mass is 35.5. The quantitative estimate of drug-likeness (QED) is 0.832. The van der Waals surface area contributed by atoms with Crippen LogP contribution in [-0.2, 0) is 10.9 Å². The summed E-state index contributed by atoms with van der Waals surface area (Å²) in [7, 11) is 0. The number of rotatable bonds is 1. The van der Waals surface area contributed by atoms with Gasteiger partial charge < -0.3 is 15.2 Å². The number of aromatic hydroxyl groups is 1. The normalized spacial score (nSPS) is 21.0. The summed E-state index contributed by atoms with van der Waals surface area (Å²) in [5.74, 6) is -0.819. The Hall–Kier alpha value is -0.980. The van der Waals surface area contributed by atoms with Crippen molar-refractivity contribution in [2.75, 3.05) is 19.7 Å². The van der Waals surface area contributed by atoms with Crippen LogP contribution in [0.2, 0.25) is 5.02 Å². The summed E-state index contributed by atoms with van der Waals surface area (Å²) in [4.78, 5) is 0. The van der Waals surface area contributed by atoms with Crippen LogP contribution in [0, 0.1) is 0 Å². The zero-order chi connectivity index (χ0) is 13.3. The Morgan fingerprint density at radius 1 is 1.39 bits per heavy atom. The number of halogens is 4. The van der Waals surface area contributed by atoms with E-state index >= 15 is 0 Å².